The Labute approximate surface area is 191 Å². The first-order valence-corrected chi connectivity index (χ1v) is 12.6. The van der Waals surface area contributed by atoms with Crippen molar-refractivity contribution >= 4 is 27.5 Å². The highest BCUT2D eigenvalue weighted by molar-refractivity contribution is 7.92. The van der Waals surface area contributed by atoms with Gasteiger partial charge in [0.15, 0.2) is 0 Å². The number of amides is 2. The van der Waals surface area contributed by atoms with Gasteiger partial charge >= 0.3 is 0 Å². The van der Waals surface area contributed by atoms with Gasteiger partial charge in [0.2, 0.25) is 21.8 Å². The molecule has 174 valence electrons. The van der Waals surface area contributed by atoms with Gasteiger partial charge in [-0.15, -0.1) is 0 Å². The van der Waals surface area contributed by atoms with Crippen molar-refractivity contribution in [2.75, 3.05) is 23.7 Å². The van der Waals surface area contributed by atoms with Gasteiger partial charge < -0.3 is 10.2 Å². The summed E-state index contributed by atoms with van der Waals surface area (Å²) in [5.41, 5.74) is 2.46. The molecule has 0 aliphatic rings. The molecule has 2 aromatic carbocycles. The van der Waals surface area contributed by atoms with E-state index in [4.69, 9.17) is 0 Å². The van der Waals surface area contributed by atoms with Crippen molar-refractivity contribution in [1.29, 1.82) is 0 Å². The second kappa shape index (κ2) is 11.7. The first-order valence-electron chi connectivity index (χ1n) is 10.8. The predicted molar refractivity (Wildman–Crippen MR) is 128 cm³/mol. The standard InChI is InChI=1S/C24H33N3O4S/c1-5-25-24(29)20(3)26(18-21-12-7-6-8-13-21)23(28)15-10-16-27(32(4,30)31)22-14-9-11-19(2)17-22/h6-9,11-14,17,20H,5,10,15-16,18H2,1-4H3,(H,25,29)/t20-/m1/s1. The lowest BCUT2D eigenvalue weighted by atomic mass is 10.1. The van der Waals surface area contributed by atoms with Gasteiger partial charge in [-0.2, -0.15) is 0 Å². The SMILES string of the molecule is CCNC(=O)[C@@H](C)N(Cc1ccccc1)C(=O)CCCN(c1cccc(C)c1)S(C)(=O)=O. The molecule has 0 heterocycles. The van der Waals surface area contributed by atoms with E-state index in [9.17, 15) is 18.0 Å². The highest BCUT2D eigenvalue weighted by Crippen LogP contribution is 2.20. The monoisotopic (exact) mass is 459 g/mol. The maximum absolute atomic E-state index is 13.1. The molecule has 7 nitrogen and oxygen atoms in total. The predicted octanol–water partition coefficient (Wildman–Crippen LogP) is 3.09. The first kappa shape index (κ1) is 25.4. The summed E-state index contributed by atoms with van der Waals surface area (Å²) in [5, 5.41) is 2.77. The van der Waals surface area contributed by atoms with Gasteiger partial charge in [-0.3, -0.25) is 13.9 Å². The minimum atomic E-state index is -3.49. The average Bonchev–Trinajstić information content (AvgIpc) is 2.74. The molecule has 0 fully saturated rings. The van der Waals surface area contributed by atoms with Crippen molar-refractivity contribution in [2.45, 2.75) is 46.2 Å². The fourth-order valence-electron chi connectivity index (χ4n) is 3.47. The summed E-state index contributed by atoms with van der Waals surface area (Å²) in [6.45, 7) is 6.42. The summed E-state index contributed by atoms with van der Waals surface area (Å²) < 4.78 is 26.0. The lowest BCUT2D eigenvalue weighted by molar-refractivity contribution is -0.140. The Hall–Kier alpha value is -2.87. The van der Waals surface area contributed by atoms with E-state index >= 15 is 0 Å². The van der Waals surface area contributed by atoms with Crippen LogP contribution < -0.4 is 9.62 Å². The van der Waals surface area contributed by atoms with E-state index in [1.54, 1.807) is 17.9 Å². The average molecular weight is 460 g/mol. The van der Waals surface area contributed by atoms with Gasteiger partial charge in [0.1, 0.15) is 6.04 Å². The highest BCUT2D eigenvalue weighted by Gasteiger charge is 2.26. The Bertz CT molecular complexity index is 1010. The summed E-state index contributed by atoms with van der Waals surface area (Å²) >= 11 is 0. The second-order valence-electron chi connectivity index (χ2n) is 7.86. The van der Waals surface area contributed by atoms with Gasteiger partial charge in [0.25, 0.3) is 0 Å². The minimum absolute atomic E-state index is 0.133. The minimum Gasteiger partial charge on any atom is -0.355 e. The maximum Gasteiger partial charge on any atom is 0.242 e. The summed E-state index contributed by atoms with van der Waals surface area (Å²) in [6.07, 6.45) is 1.64. The van der Waals surface area contributed by atoms with Crippen LogP contribution in [0.4, 0.5) is 5.69 Å². The Morgan fingerprint density at radius 3 is 2.34 bits per heavy atom. The number of nitrogens with zero attached hydrogens (tertiary/aromatic N) is 2. The van der Waals surface area contributed by atoms with Crippen molar-refractivity contribution in [3.05, 3.63) is 65.7 Å². The molecule has 0 radical (unpaired) electrons. The Balaban J connectivity index is 2.12. The van der Waals surface area contributed by atoms with Crippen LogP contribution in [0.3, 0.4) is 0 Å². The van der Waals surface area contributed by atoms with Crippen LogP contribution in [-0.2, 0) is 26.2 Å². The van der Waals surface area contributed by atoms with Crippen molar-refractivity contribution in [3.8, 4) is 0 Å². The molecule has 0 bridgehead atoms. The third-order valence-corrected chi connectivity index (χ3v) is 6.35. The van der Waals surface area contributed by atoms with Gasteiger partial charge in [-0.05, 0) is 50.5 Å². The smallest absolute Gasteiger partial charge is 0.242 e. The van der Waals surface area contributed by atoms with Crippen LogP contribution in [0, 0.1) is 6.92 Å². The Kier molecular flexibility index (Phi) is 9.26. The van der Waals surface area contributed by atoms with Crippen molar-refractivity contribution in [3.63, 3.8) is 0 Å². The lowest BCUT2D eigenvalue weighted by Gasteiger charge is -2.29. The second-order valence-corrected chi connectivity index (χ2v) is 9.76. The number of aryl methyl sites for hydroxylation is 1. The third kappa shape index (κ3) is 7.37. The van der Waals surface area contributed by atoms with Gasteiger partial charge in [0, 0.05) is 26.1 Å². The van der Waals surface area contributed by atoms with Crippen molar-refractivity contribution in [2.24, 2.45) is 0 Å². The van der Waals surface area contributed by atoms with E-state index in [1.165, 1.54) is 4.31 Å². The van der Waals surface area contributed by atoms with Crippen LogP contribution in [-0.4, -0.2) is 50.5 Å². The summed E-state index contributed by atoms with van der Waals surface area (Å²) in [7, 11) is -3.49. The topological polar surface area (TPSA) is 86.8 Å². The number of hydrogen-bond donors (Lipinski definition) is 1. The molecule has 2 aromatic rings. The van der Waals surface area contributed by atoms with E-state index < -0.39 is 16.1 Å². The highest BCUT2D eigenvalue weighted by atomic mass is 32.2. The number of carbonyl (C=O) groups excluding carboxylic acids is 2. The first-order chi connectivity index (χ1) is 15.1. The zero-order valence-corrected chi connectivity index (χ0v) is 20.1. The number of benzene rings is 2. The maximum atomic E-state index is 13.1. The number of rotatable bonds is 11. The van der Waals surface area contributed by atoms with Crippen LogP contribution in [0.1, 0.15) is 37.8 Å². The van der Waals surface area contributed by atoms with E-state index in [2.05, 4.69) is 5.32 Å². The molecular weight excluding hydrogens is 426 g/mol. The molecule has 32 heavy (non-hydrogen) atoms. The summed E-state index contributed by atoms with van der Waals surface area (Å²) in [4.78, 5) is 27.1. The molecule has 1 atom stereocenters. The summed E-state index contributed by atoms with van der Waals surface area (Å²) in [6, 6.07) is 16.1. The van der Waals surface area contributed by atoms with Crippen molar-refractivity contribution in [1.82, 2.24) is 10.2 Å². The largest absolute Gasteiger partial charge is 0.355 e. The summed E-state index contributed by atoms with van der Waals surface area (Å²) in [5.74, 6) is -0.403. The lowest BCUT2D eigenvalue weighted by Crippen LogP contribution is -2.47. The number of likely N-dealkylation sites (N-methyl/N-ethyl adjacent to an activating group) is 1. The third-order valence-electron chi connectivity index (χ3n) is 5.16. The number of anilines is 1. The zero-order valence-electron chi connectivity index (χ0n) is 19.2. The van der Waals surface area contributed by atoms with E-state index in [0.29, 0.717) is 25.2 Å². The van der Waals surface area contributed by atoms with Crippen LogP contribution >= 0.6 is 0 Å². The normalized spacial score (nSPS) is 12.1. The van der Waals surface area contributed by atoms with Crippen LogP contribution in [0.2, 0.25) is 0 Å². The molecule has 2 rings (SSSR count). The van der Waals surface area contributed by atoms with Crippen LogP contribution in [0.5, 0.6) is 0 Å². The quantitative estimate of drug-likeness (QED) is 0.559. The Morgan fingerprint density at radius 1 is 1.06 bits per heavy atom. The number of carbonyl (C=O) groups is 2. The zero-order chi connectivity index (χ0) is 23.7. The molecular formula is C24H33N3O4S. The van der Waals surface area contributed by atoms with Gasteiger partial charge in [0.05, 0.1) is 11.9 Å². The van der Waals surface area contributed by atoms with Crippen LogP contribution in [0.25, 0.3) is 0 Å². The number of nitrogens with one attached hydrogen (secondary N) is 1. The van der Waals surface area contributed by atoms with Gasteiger partial charge in [-0.25, -0.2) is 8.42 Å². The molecule has 0 aliphatic carbocycles. The van der Waals surface area contributed by atoms with Crippen LogP contribution in [0.15, 0.2) is 54.6 Å². The number of sulfonamides is 1. The molecule has 2 amide bonds. The molecule has 0 aromatic heterocycles. The molecule has 0 saturated heterocycles. The molecule has 0 spiro atoms. The van der Waals surface area contributed by atoms with Gasteiger partial charge in [-0.1, -0.05) is 42.5 Å². The van der Waals surface area contributed by atoms with E-state index in [1.807, 2.05) is 62.4 Å². The molecule has 8 heteroatoms. The van der Waals surface area contributed by atoms with E-state index in [0.717, 1.165) is 17.4 Å². The Morgan fingerprint density at radius 2 is 1.75 bits per heavy atom. The molecule has 0 aliphatic heterocycles. The number of hydrogen-bond acceptors (Lipinski definition) is 4. The fraction of sp³-hybridized carbons (Fsp3) is 0.417. The molecule has 0 unspecified atom stereocenters. The van der Waals surface area contributed by atoms with E-state index in [-0.39, 0.29) is 24.8 Å². The van der Waals surface area contributed by atoms with Crippen molar-refractivity contribution < 1.29 is 18.0 Å². The molecule has 0 saturated carbocycles. The fourth-order valence-corrected chi connectivity index (χ4v) is 4.43. The molecule has 1 N–H and O–H groups in total.